The number of nitrogens with one attached hydrogen (secondary N) is 1. The molecule has 0 bridgehead atoms. The number of aromatic nitrogens is 2. The molecule has 3 aromatic rings. The normalized spacial score (nSPS) is 17.6. The molecule has 1 unspecified atom stereocenters. The molecule has 0 radical (unpaired) electrons. The third kappa shape index (κ3) is 4.54. The maximum absolute atomic E-state index is 12.9. The largest absolute Gasteiger partial charge is 0.494 e. The molecule has 1 aliphatic carbocycles. The van der Waals surface area contributed by atoms with Crippen molar-refractivity contribution < 1.29 is 18.7 Å². The number of hydrogen-bond donors (Lipinski definition) is 1. The smallest absolute Gasteiger partial charge is 0.257 e. The maximum atomic E-state index is 12.9. The molecule has 1 saturated carbocycles. The lowest BCUT2D eigenvalue weighted by Crippen LogP contribution is -2.33. The first-order valence-electron chi connectivity index (χ1n) is 11.5. The highest BCUT2D eigenvalue weighted by atomic mass is 16.5. The molecule has 2 aliphatic rings. The summed E-state index contributed by atoms with van der Waals surface area (Å²) < 4.78 is 12.3. The second kappa shape index (κ2) is 9.46. The molecule has 1 N–H and O–H groups in total. The van der Waals surface area contributed by atoms with Gasteiger partial charge in [-0.3, -0.25) is 9.59 Å². The van der Waals surface area contributed by atoms with Gasteiger partial charge >= 0.3 is 0 Å². The fraction of sp³-hybridized carbons (Fsp3) is 0.320. The summed E-state index contributed by atoms with van der Waals surface area (Å²) in [5.74, 6) is 1.14. The Hall–Kier alpha value is -4.01. The number of hydrogen-bond acceptors (Lipinski definition) is 6. The van der Waals surface area contributed by atoms with E-state index in [-0.39, 0.29) is 30.1 Å². The van der Waals surface area contributed by atoms with Crippen LogP contribution in [0.25, 0.3) is 11.5 Å². The minimum absolute atomic E-state index is 0.160. The Kier molecular flexibility index (Phi) is 6.07. The van der Waals surface area contributed by atoms with Crippen LogP contribution in [0.15, 0.2) is 63.1 Å². The monoisotopic (exact) mass is 459 g/mol. The molecular formula is C25H25N5O4. The van der Waals surface area contributed by atoms with Gasteiger partial charge < -0.3 is 14.5 Å². The first-order valence-corrected chi connectivity index (χ1v) is 11.5. The topological polar surface area (TPSA) is 111 Å². The van der Waals surface area contributed by atoms with Gasteiger partial charge in [0.1, 0.15) is 17.3 Å². The Morgan fingerprint density at radius 3 is 2.82 bits per heavy atom. The van der Waals surface area contributed by atoms with Gasteiger partial charge in [0.25, 0.3) is 11.9 Å². The Balaban J connectivity index is 1.42. The molecule has 2 amide bonds. The summed E-state index contributed by atoms with van der Waals surface area (Å²) in [5.41, 5.74) is 2.18. The predicted octanol–water partition coefficient (Wildman–Crippen LogP) is 4.10. The molecular weight excluding hydrogens is 434 g/mol. The van der Waals surface area contributed by atoms with Gasteiger partial charge in [-0.25, -0.2) is 4.99 Å². The van der Waals surface area contributed by atoms with E-state index in [1.54, 1.807) is 24.5 Å². The van der Waals surface area contributed by atoms with Crippen LogP contribution in [0.3, 0.4) is 0 Å². The van der Waals surface area contributed by atoms with E-state index in [0.717, 1.165) is 42.7 Å². The second-order valence-corrected chi connectivity index (χ2v) is 8.26. The highest BCUT2D eigenvalue weighted by Gasteiger charge is 2.32. The SMILES string of the molecule is CCOc1ccc(CC(=O)Nc2cc(-c3ccco3)nn2C2=NC(=O)C3CCCCC3=N2)cc1. The summed E-state index contributed by atoms with van der Waals surface area (Å²) in [7, 11) is 0. The van der Waals surface area contributed by atoms with E-state index >= 15 is 0 Å². The summed E-state index contributed by atoms with van der Waals surface area (Å²) in [5, 5.41) is 7.43. The van der Waals surface area contributed by atoms with Gasteiger partial charge in [0.05, 0.1) is 25.2 Å². The number of anilines is 1. The van der Waals surface area contributed by atoms with Crippen LogP contribution in [-0.2, 0) is 16.0 Å². The zero-order valence-corrected chi connectivity index (χ0v) is 18.9. The first kappa shape index (κ1) is 21.8. The van der Waals surface area contributed by atoms with Gasteiger partial charge in [-0.15, -0.1) is 0 Å². The third-order valence-electron chi connectivity index (χ3n) is 5.87. The number of benzene rings is 1. The van der Waals surface area contributed by atoms with Crippen LogP contribution >= 0.6 is 0 Å². The number of furan rings is 1. The van der Waals surface area contributed by atoms with Gasteiger partial charge in [0.15, 0.2) is 5.76 Å². The number of fused-ring (bicyclic) bond motifs is 1. The number of rotatable bonds is 6. The van der Waals surface area contributed by atoms with E-state index in [9.17, 15) is 9.59 Å². The van der Waals surface area contributed by atoms with Crippen molar-refractivity contribution in [2.45, 2.75) is 39.0 Å². The average molecular weight is 460 g/mol. The zero-order valence-electron chi connectivity index (χ0n) is 18.9. The fourth-order valence-corrected chi connectivity index (χ4v) is 4.23. The van der Waals surface area contributed by atoms with Gasteiger partial charge in [0, 0.05) is 11.8 Å². The number of aliphatic imine (C=N–C) groups is 2. The van der Waals surface area contributed by atoms with Crippen molar-refractivity contribution in [2.75, 3.05) is 11.9 Å². The quantitative estimate of drug-likeness (QED) is 0.597. The highest BCUT2D eigenvalue weighted by molar-refractivity contribution is 6.16. The molecule has 9 nitrogen and oxygen atoms in total. The van der Waals surface area contributed by atoms with Crippen LogP contribution in [0.2, 0.25) is 0 Å². The van der Waals surface area contributed by atoms with Crippen molar-refractivity contribution >= 4 is 29.3 Å². The summed E-state index contributed by atoms with van der Waals surface area (Å²) >= 11 is 0. The molecule has 1 fully saturated rings. The lowest BCUT2D eigenvalue weighted by molar-refractivity contribution is -0.120. The van der Waals surface area contributed by atoms with Crippen LogP contribution in [0, 0.1) is 5.92 Å². The summed E-state index contributed by atoms with van der Waals surface area (Å²) in [6, 6.07) is 12.6. The fourth-order valence-electron chi connectivity index (χ4n) is 4.23. The van der Waals surface area contributed by atoms with Crippen LogP contribution in [0.1, 0.15) is 38.2 Å². The minimum atomic E-state index is -0.240. The minimum Gasteiger partial charge on any atom is -0.494 e. The third-order valence-corrected chi connectivity index (χ3v) is 5.87. The molecule has 1 aromatic carbocycles. The Morgan fingerprint density at radius 1 is 1.21 bits per heavy atom. The zero-order chi connectivity index (χ0) is 23.5. The molecule has 3 heterocycles. The molecule has 34 heavy (non-hydrogen) atoms. The van der Waals surface area contributed by atoms with E-state index in [0.29, 0.717) is 23.9 Å². The van der Waals surface area contributed by atoms with Crippen LogP contribution in [-0.4, -0.2) is 39.9 Å². The van der Waals surface area contributed by atoms with Gasteiger partial charge in [0.2, 0.25) is 5.91 Å². The van der Waals surface area contributed by atoms with Gasteiger partial charge in [-0.2, -0.15) is 14.8 Å². The van der Waals surface area contributed by atoms with E-state index in [4.69, 9.17) is 9.15 Å². The lowest BCUT2D eigenvalue weighted by atomic mass is 9.86. The Bertz CT molecular complexity index is 1250. The van der Waals surface area contributed by atoms with E-state index in [1.165, 1.54) is 4.68 Å². The summed E-state index contributed by atoms with van der Waals surface area (Å²) in [6.45, 7) is 2.50. The number of carbonyl (C=O) groups is 2. The number of amides is 2. The van der Waals surface area contributed by atoms with Crippen LogP contribution in [0.5, 0.6) is 5.75 Å². The first-order chi connectivity index (χ1) is 16.6. The van der Waals surface area contributed by atoms with Crippen LogP contribution in [0.4, 0.5) is 5.82 Å². The Labute approximate surface area is 196 Å². The van der Waals surface area contributed by atoms with Crippen molar-refractivity contribution in [3.05, 3.63) is 54.3 Å². The standard InChI is InChI=1S/C25H25N5O4/c1-2-33-17-11-9-16(10-12-17)14-23(31)27-22-15-20(21-8-5-13-34-21)29-30(22)25-26-19-7-4-3-6-18(19)24(32)28-25/h5,8-13,15,18H,2-4,6-7,14H2,1H3,(H,27,31). The van der Waals surface area contributed by atoms with E-state index in [1.807, 2.05) is 31.2 Å². The second-order valence-electron chi connectivity index (χ2n) is 8.26. The number of carbonyl (C=O) groups excluding carboxylic acids is 2. The van der Waals surface area contributed by atoms with Gasteiger partial charge in [-0.05, 0) is 56.0 Å². The van der Waals surface area contributed by atoms with Crippen molar-refractivity contribution in [3.8, 4) is 17.2 Å². The molecule has 2 aromatic heterocycles. The summed E-state index contributed by atoms with van der Waals surface area (Å²) in [4.78, 5) is 34.4. The molecule has 174 valence electrons. The number of ether oxygens (including phenoxy) is 1. The van der Waals surface area contributed by atoms with E-state index in [2.05, 4.69) is 20.4 Å². The molecule has 9 heteroatoms. The number of nitrogens with zero attached hydrogens (tertiary/aromatic N) is 4. The average Bonchev–Trinajstić information content (AvgIpc) is 3.51. The van der Waals surface area contributed by atoms with E-state index < -0.39 is 0 Å². The predicted molar refractivity (Wildman–Crippen MR) is 127 cm³/mol. The van der Waals surface area contributed by atoms with Gasteiger partial charge in [-0.1, -0.05) is 18.6 Å². The van der Waals surface area contributed by atoms with Crippen molar-refractivity contribution in [1.29, 1.82) is 0 Å². The molecule has 0 saturated heterocycles. The maximum Gasteiger partial charge on any atom is 0.257 e. The Morgan fingerprint density at radius 2 is 2.06 bits per heavy atom. The molecule has 1 atom stereocenters. The highest BCUT2D eigenvalue weighted by Crippen LogP contribution is 2.28. The lowest BCUT2D eigenvalue weighted by Gasteiger charge is -2.24. The van der Waals surface area contributed by atoms with Crippen LogP contribution < -0.4 is 10.1 Å². The van der Waals surface area contributed by atoms with Crippen molar-refractivity contribution in [2.24, 2.45) is 15.9 Å². The molecule has 1 aliphatic heterocycles. The summed E-state index contributed by atoms with van der Waals surface area (Å²) in [6.07, 6.45) is 5.25. The van der Waals surface area contributed by atoms with Crippen molar-refractivity contribution in [1.82, 2.24) is 9.78 Å². The molecule has 5 rings (SSSR count). The molecule has 0 spiro atoms. The van der Waals surface area contributed by atoms with Crippen molar-refractivity contribution in [3.63, 3.8) is 0 Å².